The molecule has 0 spiro atoms. The number of carbonyl (C=O) groups is 2. The first-order valence-corrected chi connectivity index (χ1v) is 19.8. The molecule has 0 saturated carbocycles. The molecule has 57 heavy (non-hydrogen) atoms. The number of hydrogen-bond acceptors (Lipinski definition) is 5. The van der Waals surface area contributed by atoms with Gasteiger partial charge in [0.1, 0.15) is 17.7 Å². The SMILES string of the molecule is C=C[C@@H](C(N)=N/C=C(\C)c1ccc(-c2ccc3cc(-c4cnc(CN(C[C@@H](C)C#N)C(=O)[C@@H](C)C(C)C)[nH]4)ccc3c2)cc1)N(CCC)C(=O)Cc1ccccc1. The quantitative estimate of drug-likeness (QED) is 0.0554. The molecule has 0 radical (unpaired) electrons. The van der Waals surface area contributed by atoms with Gasteiger partial charge in [-0.05, 0) is 76.9 Å². The van der Waals surface area contributed by atoms with Crippen molar-refractivity contribution in [1.82, 2.24) is 19.8 Å². The lowest BCUT2D eigenvalue weighted by atomic mass is 9.96. The fourth-order valence-electron chi connectivity index (χ4n) is 6.73. The molecule has 0 saturated heterocycles. The number of H-pyrrole nitrogens is 1. The zero-order valence-corrected chi connectivity index (χ0v) is 34.1. The summed E-state index contributed by atoms with van der Waals surface area (Å²) in [7, 11) is 0. The van der Waals surface area contributed by atoms with Gasteiger partial charge in [0.25, 0.3) is 0 Å². The van der Waals surface area contributed by atoms with Gasteiger partial charge in [-0.3, -0.25) is 9.59 Å². The molecule has 1 heterocycles. The summed E-state index contributed by atoms with van der Waals surface area (Å²) in [6, 6.07) is 32.6. The molecule has 0 unspecified atom stereocenters. The van der Waals surface area contributed by atoms with Crippen molar-refractivity contribution in [1.29, 1.82) is 5.26 Å². The number of aromatic nitrogens is 2. The zero-order chi connectivity index (χ0) is 41.1. The molecule has 5 rings (SSSR count). The average Bonchev–Trinajstić information content (AvgIpc) is 3.70. The number of allylic oxidation sites excluding steroid dienone is 1. The fourth-order valence-corrected chi connectivity index (χ4v) is 6.73. The minimum atomic E-state index is -0.510. The van der Waals surface area contributed by atoms with Crippen molar-refractivity contribution in [3.8, 4) is 28.5 Å². The van der Waals surface area contributed by atoms with Crippen LogP contribution in [0.3, 0.4) is 0 Å². The maximum atomic E-state index is 13.3. The van der Waals surface area contributed by atoms with Crippen molar-refractivity contribution in [3.05, 3.63) is 133 Å². The van der Waals surface area contributed by atoms with E-state index in [2.05, 4.69) is 88.3 Å². The number of amidine groups is 1. The molecule has 4 aromatic carbocycles. The van der Waals surface area contributed by atoms with Crippen LogP contribution in [0.5, 0.6) is 0 Å². The molecular weight excluding hydrogens is 707 g/mol. The van der Waals surface area contributed by atoms with Crippen molar-refractivity contribution in [2.45, 2.75) is 67.0 Å². The number of nitrogens with one attached hydrogen (secondary N) is 1. The van der Waals surface area contributed by atoms with Crippen LogP contribution in [0.15, 0.2) is 121 Å². The number of aromatic amines is 1. The summed E-state index contributed by atoms with van der Waals surface area (Å²) in [5, 5.41) is 11.6. The first-order chi connectivity index (χ1) is 27.4. The first kappa shape index (κ1) is 41.9. The Balaban J connectivity index is 1.27. The number of amides is 2. The highest BCUT2D eigenvalue weighted by Gasteiger charge is 2.26. The van der Waals surface area contributed by atoms with Gasteiger partial charge in [0.05, 0.1) is 36.8 Å². The molecule has 5 aromatic rings. The number of rotatable bonds is 17. The third-order valence-corrected chi connectivity index (χ3v) is 10.5. The summed E-state index contributed by atoms with van der Waals surface area (Å²) in [4.78, 5) is 42.7. The molecule has 0 bridgehead atoms. The Hall–Kier alpha value is -6.27. The number of fused-ring (bicyclic) bond motifs is 1. The van der Waals surface area contributed by atoms with E-state index in [-0.39, 0.29) is 36.0 Å². The molecule has 9 heteroatoms. The molecule has 0 aliphatic rings. The Kier molecular flexibility index (Phi) is 14.4. The zero-order valence-electron chi connectivity index (χ0n) is 34.1. The van der Waals surface area contributed by atoms with E-state index in [1.165, 1.54) is 0 Å². The molecular formula is C48H55N7O2. The summed E-state index contributed by atoms with van der Waals surface area (Å²) in [6.07, 6.45) is 6.32. The molecule has 294 valence electrons. The third kappa shape index (κ3) is 10.7. The largest absolute Gasteiger partial charge is 0.385 e. The van der Waals surface area contributed by atoms with Gasteiger partial charge in [-0.1, -0.05) is 113 Å². The van der Waals surface area contributed by atoms with E-state index in [1.807, 2.05) is 71.9 Å². The smallest absolute Gasteiger partial charge is 0.227 e. The normalized spacial score (nSPS) is 13.5. The van der Waals surface area contributed by atoms with E-state index < -0.39 is 6.04 Å². The highest BCUT2D eigenvalue weighted by molar-refractivity contribution is 5.93. The Morgan fingerprint density at radius 2 is 1.60 bits per heavy atom. The van der Waals surface area contributed by atoms with Crippen molar-refractivity contribution in [2.75, 3.05) is 13.1 Å². The summed E-state index contributed by atoms with van der Waals surface area (Å²) in [5.41, 5.74) is 13.5. The van der Waals surface area contributed by atoms with Crippen molar-refractivity contribution < 1.29 is 9.59 Å². The van der Waals surface area contributed by atoms with Crippen LogP contribution in [-0.4, -0.2) is 56.5 Å². The van der Waals surface area contributed by atoms with Gasteiger partial charge in [-0.2, -0.15) is 5.26 Å². The molecule has 2 amide bonds. The molecule has 1 aromatic heterocycles. The highest BCUT2D eigenvalue weighted by atomic mass is 16.2. The van der Waals surface area contributed by atoms with Crippen LogP contribution >= 0.6 is 0 Å². The molecule has 0 aliphatic carbocycles. The summed E-state index contributed by atoms with van der Waals surface area (Å²) >= 11 is 0. The highest BCUT2D eigenvalue weighted by Crippen LogP contribution is 2.29. The van der Waals surface area contributed by atoms with Gasteiger partial charge < -0.3 is 20.5 Å². The number of nitrogens with two attached hydrogens (primary N) is 1. The lowest BCUT2D eigenvalue weighted by Crippen LogP contribution is -2.47. The number of imidazole rings is 1. The Labute approximate surface area is 337 Å². The van der Waals surface area contributed by atoms with Crippen molar-refractivity contribution in [3.63, 3.8) is 0 Å². The van der Waals surface area contributed by atoms with Gasteiger partial charge in [0, 0.05) is 30.8 Å². The number of nitriles is 1. The van der Waals surface area contributed by atoms with E-state index >= 15 is 0 Å². The second kappa shape index (κ2) is 19.5. The predicted octanol–water partition coefficient (Wildman–Crippen LogP) is 9.43. The second-order valence-electron chi connectivity index (χ2n) is 15.2. The van der Waals surface area contributed by atoms with Gasteiger partial charge in [0.2, 0.25) is 11.8 Å². The maximum Gasteiger partial charge on any atom is 0.227 e. The van der Waals surface area contributed by atoms with Gasteiger partial charge >= 0.3 is 0 Å². The van der Waals surface area contributed by atoms with E-state index in [9.17, 15) is 14.9 Å². The molecule has 0 fully saturated rings. The van der Waals surface area contributed by atoms with Gasteiger partial charge in [-0.15, -0.1) is 6.58 Å². The standard InChI is InChI=1S/C48H55N7O2/c1-8-23-55(46(56)24-36-13-11-10-12-14-36)44(9-2)47(50)52-28-34(6)37-15-17-38(18-16-37)39-19-20-41-26-42(22-21-40(41)25-39)43-29-51-45(53-43)31-54(30-33(5)27-49)48(57)35(7)32(3)4/h9-22,25-26,28-29,32-33,35,44H,2,8,23-24,30-31H2,1,3-7H3,(H2,50,52)(H,51,53)/b34-28+/t33-,35-,44-/m0/s1. The molecule has 9 nitrogen and oxygen atoms in total. The Morgan fingerprint density at radius 3 is 2.23 bits per heavy atom. The summed E-state index contributed by atoms with van der Waals surface area (Å²) in [6.45, 7) is 17.1. The number of hydrogen-bond donors (Lipinski definition) is 2. The van der Waals surface area contributed by atoms with Gasteiger partial charge in [0.15, 0.2) is 0 Å². The maximum absolute atomic E-state index is 13.3. The van der Waals surface area contributed by atoms with Crippen molar-refractivity contribution >= 4 is 34.0 Å². The summed E-state index contributed by atoms with van der Waals surface area (Å²) in [5.74, 6) is 0.789. The van der Waals surface area contributed by atoms with E-state index in [0.717, 1.165) is 56.3 Å². The first-order valence-electron chi connectivity index (χ1n) is 19.8. The third-order valence-electron chi connectivity index (χ3n) is 10.5. The van der Waals surface area contributed by atoms with Gasteiger partial charge in [-0.25, -0.2) is 9.98 Å². The van der Waals surface area contributed by atoms with Crippen LogP contribution in [0.25, 0.3) is 38.7 Å². The molecule has 0 aliphatic heterocycles. The fraction of sp³-hybridized carbons (Fsp3) is 0.312. The van der Waals surface area contributed by atoms with E-state index in [4.69, 9.17) is 5.73 Å². The topological polar surface area (TPSA) is 131 Å². The molecule has 3 N–H and O–H groups in total. The second-order valence-corrected chi connectivity index (χ2v) is 15.2. The monoisotopic (exact) mass is 761 g/mol. The predicted molar refractivity (Wildman–Crippen MR) is 233 cm³/mol. The van der Waals surface area contributed by atoms with Crippen LogP contribution in [-0.2, 0) is 22.6 Å². The van der Waals surface area contributed by atoms with E-state index in [1.54, 1.807) is 28.3 Å². The minimum absolute atomic E-state index is 0.0171. The lowest BCUT2D eigenvalue weighted by molar-refractivity contribution is -0.137. The number of benzene rings is 4. The molecule has 3 atom stereocenters. The van der Waals surface area contributed by atoms with E-state index in [0.29, 0.717) is 31.3 Å². The van der Waals surface area contributed by atoms with Crippen LogP contribution in [0.4, 0.5) is 0 Å². The Morgan fingerprint density at radius 1 is 0.947 bits per heavy atom. The number of carbonyl (C=O) groups excluding carboxylic acids is 2. The lowest BCUT2D eigenvalue weighted by Gasteiger charge is -2.29. The average molecular weight is 762 g/mol. The summed E-state index contributed by atoms with van der Waals surface area (Å²) < 4.78 is 0. The van der Waals surface area contributed by atoms with Crippen LogP contribution in [0, 0.1) is 29.1 Å². The van der Waals surface area contributed by atoms with Crippen molar-refractivity contribution in [2.24, 2.45) is 28.5 Å². The Bertz CT molecular complexity index is 2260. The number of aliphatic imine (C=N–C) groups is 1. The van der Waals surface area contributed by atoms with Crippen LogP contribution < -0.4 is 5.73 Å². The minimum Gasteiger partial charge on any atom is -0.385 e. The van der Waals surface area contributed by atoms with Crippen LogP contribution in [0.2, 0.25) is 0 Å². The number of nitrogens with zero attached hydrogens (tertiary/aromatic N) is 5. The van der Waals surface area contributed by atoms with Crippen LogP contribution in [0.1, 0.15) is 64.9 Å².